The van der Waals surface area contributed by atoms with E-state index in [1.807, 2.05) is 0 Å². The maximum absolute atomic E-state index is 12.8. The van der Waals surface area contributed by atoms with E-state index in [2.05, 4.69) is 10.0 Å². The van der Waals surface area contributed by atoms with Gasteiger partial charge in [0.25, 0.3) is 15.9 Å². The molecule has 0 aliphatic carbocycles. The number of benzene rings is 2. The predicted octanol–water partition coefficient (Wildman–Crippen LogP) is 2.04. The summed E-state index contributed by atoms with van der Waals surface area (Å²) in [6.45, 7) is 1.65. The van der Waals surface area contributed by atoms with E-state index < -0.39 is 15.9 Å². The zero-order valence-corrected chi connectivity index (χ0v) is 14.7. The molecule has 0 radical (unpaired) electrons. The predicted molar refractivity (Wildman–Crippen MR) is 94.3 cm³/mol. The molecule has 4 N–H and O–H groups in total. The second-order valence-electron chi connectivity index (χ2n) is 5.63. The van der Waals surface area contributed by atoms with Crippen molar-refractivity contribution in [2.75, 3.05) is 10.0 Å². The van der Waals surface area contributed by atoms with Gasteiger partial charge in [0, 0.05) is 5.69 Å². The number of hydrogen-bond acceptors (Lipinski definition) is 4. The SMILES string of the molecule is Cc1cccc(C(N)=O)c1NS(=O)(=O)c1cc2c(cc1Cl)NC(=O)C2. The van der Waals surface area contributed by atoms with Gasteiger partial charge in [0.15, 0.2) is 0 Å². The quantitative estimate of drug-likeness (QED) is 0.753. The van der Waals surface area contributed by atoms with E-state index >= 15 is 0 Å². The Balaban J connectivity index is 2.07. The van der Waals surface area contributed by atoms with E-state index in [-0.39, 0.29) is 33.5 Å². The highest BCUT2D eigenvalue weighted by molar-refractivity contribution is 7.92. The van der Waals surface area contributed by atoms with Gasteiger partial charge in [-0.3, -0.25) is 14.3 Å². The van der Waals surface area contributed by atoms with E-state index in [1.54, 1.807) is 19.1 Å². The summed E-state index contributed by atoms with van der Waals surface area (Å²) in [5, 5.41) is 2.56. The summed E-state index contributed by atoms with van der Waals surface area (Å²) in [5.41, 5.74) is 7.03. The molecular weight excluding hydrogens is 366 g/mol. The second kappa shape index (κ2) is 6.05. The molecule has 1 aliphatic heterocycles. The van der Waals surface area contributed by atoms with Crippen LogP contribution in [0.2, 0.25) is 5.02 Å². The number of aryl methyl sites for hydroxylation is 1. The highest BCUT2D eigenvalue weighted by Gasteiger charge is 2.26. The van der Waals surface area contributed by atoms with Gasteiger partial charge in [-0.15, -0.1) is 0 Å². The van der Waals surface area contributed by atoms with Crippen molar-refractivity contribution in [3.63, 3.8) is 0 Å². The highest BCUT2D eigenvalue weighted by atomic mass is 35.5. The van der Waals surface area contributed by atoms with Gasteiger partial charge in [-0.1, -0.05) is 23.7 Å². The number of nitrogens with one attached hydrogen (secondary N) is 2. The van der Waals surface area contributed by atoms with Crippen LogP contribution < -0.4 is 15.8 Å². The summed E-state index contributed by atoms with van der Waals surface area (Å²) < 4.78 is 27.9. The molecule has 130 valence electrons. The number of carbonyl (C=O) groups excluding carboxylic acids is 2. The van der Waals surface area contributed by atoms with Crippen LogP contribution in [0.15, 0.2) is 35.2 Å². The molecule has 0 spiro atoms. The van der Waals surface area contributed by atoms with Gasteiger partial charge in [0.1, 0.15) is 4.90 Å². The van der Waals surface area contributed by atoms with Crippen molar-refractivity contribution in [2.24, 2.45) is 5.73 Å². The van der Waals surface area contributed by atoms with Gasteiger partial charge in [-0.25, -0.2) is 8.42 Å². The largest absolute Gasteiger partial charge is 0.366 e. The zero-order chi connectivity index (χ0) is 18.4. The molecule has 2 aromatic rings. The third-order valence-electron chi connectivity index (χ3n) is 3.85. The molecule has 1 heterocycles. The Hall–Kier alpha value is -2.58. The van der Waals surface area contributed by atoms with E-state index in [0.29, 0.717) is 16.8 Å². The van der Waals surface area contributed by atoms with Crippen molar-refractivity contribution in [3.05, 3.63) is 52.0 Å². The van der Waals surface area contributed by atoms with Crippen LogP contribution in [0.4, 0.5) is 11.4 Å². The van der Waals surface area contributed by atoms with E-state index in [1.165, 1.54) is 18.2 Å². The Kier molecular flexibility index (Phi) is 4.18. The van der Waals surface area contributed by atoms with Crippen LogP contribution in [-0.2, 0) is 21.2 Å². The minimum atomic E-state index is -4.09. The number of rotatable bonds is 4. The number of primary amides is 1. The normalized spacial score (nSPS) is 13.3. The van der Waals surface area contributed by atoms with Crippen molar-refractivity contribution in [1.82, 2.24) is 0 Å². The van der Waals surface area contributed by atoms with Crippen LogP contribution in [0, 0.1) is 6.92 Å². The zero-order valence-electron chi connectivity index (χ0n) is 13.1. The summed E-state index contributed by atoms with van der Waals surface area (Å²) >= 11 is 6.09. The molecule has 1 aliphatic rings. The summed E-state index contributed by atoms with van der Waals surface area (Å²) in [4.78, 5) is 22.8. The van der Waals surface area contributed by atoms with Gasteiger partial charge in [-0.2, -0.15) is 0 Å². The van der Waals surface area contributed by atoms with Gasteiger partial charge in [0.05, 0.1) is 22.7 Å². The average Bonchev–Trinajstić information content (AvgIpc) is 2.87. The Labute approximate surface area is 149 Å². The van der Waals surface area contributed by atoms with E-state index in [0.717, 1.165) is 0 Å². The monoisotopic (exact) mass is 379 g/mol. The molecule has 0 unspecified atom stereocenters. The third kappa shape index (κ3) is 3.18. The lowest BCUT2D eigenvalue weighted by atomic mass is 10.1. The number of anilines is 2. The van der Waals surface area contributed by atoms with Gasteiger partial charge < -0.3 is 11.1 Å². The first kappa shape index (κ1) is 17.2. The van der Waals surface area contributed by atoms with Crippen LogP contribution in [0.3, 0.4) is 0 Å². The number of para-hydroxylation sites is 1. The molecule has 0 aromatic heterocycles. The van der Waals surface area contributed by atoms with Crippen molar-refractivity contribution >= 4 is 44.8 Å². The number of hydrogen-bond donors (Lipinski definition) is 3. The van der Waals surface area contributed by atoms with Crippen LogP contribution in [-0.4, -0.2) is 20.2 Å². The van der Waals surface area contributed by atoms with E-state index in [4.69, 9.17) is 17.3 Å². The first-order chi connectivity index (χ1) is 11.7. The summed E-state index contributed by atoms with van der Waals surface area (Å²) in [6.07, 6.45) is 0.0753. The first-order valence-corrected chi connectivity index (χ1v) is 9.09. The molecule has 7 nitrogen and oxygen atoms in total. The third-order valence-corrected chi connectivity index (χ3v) is 5.66. The van der Waals surface area contributed by atoms with Gasteiger partial charge in [0.2, 0.25) is 5.91 Å². The van der Waals surface area contributed by atoms with Crippen molar-refractivity contribution in [2.45, 2.75) is 18.2 Å². The smallest absolute Gasteiger partial charge is 0.263 e. The fraction of sp³-hybridized carbons (Fsp3) is 0.125. The topological polar surface area (TPSA) is 118 Å². The summed E-state index contributed by atoms with van der Waals surface area (Å²) in [6, 6.07) is 7.42. The summed E-state index contributed by atoms with van der Waals surface area (Å²) in [7, 11) is -4.09. The van der Waals surface area contributed by atoms with Crippen LogP contribution in [0.25, 0.3) is 0 Å². The van der Waals surface area contributed by atoms with E-state index in [9.17, 15) is 18.0 Å². The lowest BCUT2D eigenvalue weighted by Gasteiger charge is -2.15. The molecule has 0 saturated heterocycles. The molecule has 0 bridgehead atoms. The molecule has 3 rings (SSSR count). The number of fused-ring (bicyclic) bond motifs is 1. The fourth-order valence-electron chi connectivity index (χ4n) is 2.63. The molecule has 2 amide bonds. The first-order valence-electron chi connectivity index (χ1n) is 7.23. The Morgan fingerprint density at radius 2 is 2.04 bits per heavy atom. The Bertz CT molecular complexity index is 1020. The second-order valence-corrected chi connectivity index (χ2v) is 7.69. The minimum absolute atomic E-state index is 0.0392. The molecular formula is C16H14ClN3O4S. The molecule has 0 fully saturated rings. The number of amides is 2. The molecule has 0 saturated carbocycles. The van der Waals surface area contributed by atoms with Gasteiger partial charge >= 0.3 is 0 Å². The Morgan fingerprint density at radius 1 is 1.32 bits per heavy atom. The molecule has 2 aromatic carbocycles. The maximum atomic E-state index is 12.8. The molecule has 0 atom stereocenters. The van der Waals surface area contributed by atoms with Crippen LogP contribution in [0.1, 0.15) is 21.5 Å². The number of sulfonamides is 1. The number of carbonyl (C=O) groups is 2. The average molecular weight is 380 g/mol. The lowest BCUT2D eigenvalue weighted by molar-refractivity contribution is -0.115. The van der Waals surface area contributed by atoms with Crippen molar-refractivity contribution in [1.29, 1.82) is 0 Å². The van der Waals surface area contributed by atoms with Gasteiger partial charge in [-0.05, 0) is 36.2 Å². The fourth-order valence-corrected chi connectivity index (χ4v) is 4.36. The van der Waals surface area contributed by atoms with Crippen molar-refractivity contribution < 1.29 is 18.0 Å². The number of halogens is 1. The lowest BCUT2D eigenvalue weighted by Crippen LogP contribution is -2.20. The summed E-state index contributed by atoms with van der Waals surface area (Å²) in [5.74, 6) is -0.986. The highest BCUT2D eigenvalue weighted by Crippen LogP contribution is 2.34. The molecule has 25 heavy (non-hydrogen) atoms. The van der Waals surface area contributed by atoms with Crippen LogP contribution >= 0.6 is 11.6 Å². The molecule has 9 heteroatoms. The minimum Gasteiger partial charge on any atom is -0.366 e. The number of nitrogens with two attached hydrogens (primary N) is 1. The van der Waals surface area contributed by atoms with Crippen LogP contribution in [0.5, 0.6) is 0 Å². The Morgan fingerprint density at radius 3 is 2.72 bits per heavy atom. The van der Waals surface area contributed by atoms with Crippen molar-refractivity contribution in [3.8, 4) is 0 Å². The maximum Gasteiger partial charge on any atom is 0.263 e. The standard InChI is InChI=1S/C16H14ClN3O4S/c1-8-3-2-4-10(16(18)22)15(8)20-25(23,24)13-5-9-6-14(21)19-12(9)7-11(13)17/h2-5,7,20H,6H2,1H3,(H2,18,22)(H,19,21).